The number of nitrogen functional groups attached to an aromatic ring is 1. The number of nitrogens with zero attached hydrogens (tertiary/aromatic N) is 3. The second-order valence-corrected chi connectivity index (χ2v) is 10.2. The van der Waals surface area contributed by atoms with Crippen LogP contribution in [0, 0.1) is 0 Å². The topological polar surface area (TPSA) is 192 Å². The van der Waals surface area contributed by atoms with Gasteiger partial charge in [-0.2, -0.15) is 0 Å². The number of fused-ring (bicyclic) bond motifs is 1. The number of imide groups is 1. The number of piperazine rings is 1. The van der Waals surface area contributed by atoms with Crippen LogP contribution in [0.2, 0.25) is 5.82 Å². The first-order valence-corrected chi connectivity index (χ1v) is 13.3. The summed E-state index contributed by atoms with van der Waals surface area (Å²) >= 11 is 1.06. The van der Waals surface area contributed by atoms with E-state index in [-0.39, 0.29) is 48.1 Å². The highest BCUT2D eigenvalue weighted by atomic mass is 32.1. The van der Waals surface area contributed by atoms with Crippen LogP contribution in [0.3, 0.4) is 0 Å². The molecule has 0 aliphatic carbocycles. The quantitative estimate of drug-likeness (QED) is 0.256. The molecule has 2 aliphatic heterocycles. The number of nitrogens with two attached hydrogens (primary N) is 1. The van der Waals surface area contributed by atoms with Crippen LogP contribution in [0.5, 0.6) is 5.75 Å². The Hall–Kier alpha value is -3.98. The number of rotatable bonds is 9. The van der Waals surface area contributed by atoms with E-state index in [0.717, 1.165) is 29.1 Å². The van der Waals surface area contributed by atoms with E-state index in [4.69, 9.17) is 10.4 Å². The maximum absolute atomic E-state index is 13.5. The minimum absolute atomic E-state index is 0.0297. The number of carboxylic acids is 1. The molecule has 1 saturated heterocycles. The van der Waals surface area contributed by atoms with Gasteiger partial charge in [-0.3, -0.25) is 19.3 Å². The smallest absolute Gasteiger partial charge is 0.526 e. The number of amides is 4. The van der Waals surface area contributed by atoms with Crippen molar-refractivity contribution in [1.82, 2.24) is 20.1 Å². The average molecular weight is 557 g/mol. The standard InChI is InChI=1S/C24H28BN5O8S/c1-2-3-7-29-8-9-30(21(33)20(29)32)24(36)28-18(16-12-39-23(26)27-16)17(31)11-14-10-13-5-4-6-15(22(34)35)19(13)38-25(14)37/h4-6,12,14,18,37H,2-3,7-11H2,1H3,(H2,26,27)(H,28,36)(H,34,35)/t14-,18?/m1/s1. The van der Waals surface area contributed by atoms with Gasteiger partial charge in [0, 0.05) is 37.3 Å². The Bertz CT molecular complexity index is 1300. The van der Waals surface area contributed by atoms with Crippen LogP contribution >= 0.6 is 11.3 Å². The first-order chi connectivity index (χ1) is 18.6. The lowest BCUT2D eigenvalue weighted by Crippen LogP contribution is -2.59. The predicted molar refractivity (Wildman–Crippen MR) is 140 cm³/mol. The fourth-order valence-corrected chi connectivity index (χ4v) is 5.18. The molecule has 2 aromatic rings. The summed E-state index contributed by atoms with van der Waals surface area (Å²) in [5.41, 5.74) is 6.31. The summed E-state index contributed by atoms with van der Waals surface area (Å²) in [6.07, 6.45) is 1.45. The van der Waals surface area contributed by atoms with Gasteiger partial charge < -0.3 is 30.7 Å². The summed E-state index contributed by atoms with van der Waals surface area (Å²) in [7, 11) is -1.48. The van der Waals surface area contributed by atoms with Gasteiger partial charge in [0.15, 0.2) is 10.9 Å². The Morgan fingerprint density at radius 3 is 2.72 bits per heavy atom. The number of unbranched alkanes of at least 4 members (excludes halogenated alkanes) is 1. The van der Waals surface area contributed by atoms with Crippen molar-refractivity contribution >= 4 is 53.2 Å². The third-order valence-corrected chi connectivity index (χ3v) is 7.37. The van der Waals surface area contributed by atoms with Crippen LogP contribution in [0.4, 0.5) is 9.93 Å². The van der Waals surface area contributed by atoms with E-state index in [1.807, 2.05) is 6.92 Å². The van der Waals surface area contributed by atoms with Crippen molar-refractivity contribution < 1.29 is 38.8 Å². The molecule has 0 radical (unpaired) electrons. The first-order valence-electron chi connectivity index (χ1n) is 12.5. The molecule has 4 rings (SSSR count). The highest BCUT2D eigenvalue weighted by Gasteiger charge is 2.41. The average Bonchev–Trinajstić information content (AvgIpc) is 3.33. The van der Waals surface area contributed by atoms with E-state index in [0.29, 0.717) is 12.1 Å². The van der Waals surface area contributed by atoms with Crippen LogP contribution in [0.1, 0.15) is 53.8 Å². The highest BCUT2D eigenvalue weighted by Crippen LogP contribution is 2.37. The number of carbonyl (C=O) groups is 5. The van der Waals surface area contributed by atoms with Gasteiger partial charge in [0.05, 0.1) is 11.3 Å². The number of hydrogen-bond donors (Lipinski definition) is 4. The molecule has 39 heavy (non-hydrogen) atoms. The van der Waals surface area contributed by atoms with Gasteiger partial charge in [-0.15, -0.1) is 11.3 Å². The number of anilines is 1. The number of urea groups is 1. The molecule has 1 aromatic carbocycles. The maximum Gasteiger partial charge on any atom is 0.526 e. The molecule has 2 aliphatic rings. The molecule has 2 atom stereocenters. The lowest BCUT2D eigenvalue weighted by molar-refractivity contribution is -0.153. The molecule has 206 valence electrons. The minimum Gasteiger partial charge on any atom is -0.535 e. The van der Waals surface area contributed by atoms with Crippen molar-refractivity contribution in [3.8, 4) is 5.75 Å². The molecule has 13 nitrogen and oxygen atoms in total. The number of nitrogens with one attached hydrogen (secondary N) is 1. The molecule has 0 spiro atoms. The number of benzene rings is 1. The molecule has 0 saturated carbocycles. The van der Waals surface area contributed by atoms with Crippen LogP contribution < -0.4 is 15.7 Å². The predicted octanol–water partition coefficient (Wildman–Crippen LogP) is 1.09. The molecule has 1 fully saturated rings. The number of hydrogen-bond acceptors (Lipinski definition) is 10. The SMILES string of the molecule is CCCCN1CCN(C(=O)NC(C(=O)C[C@H]2Cc3cccc(C(=O)O)c3OB2O)c2csc(N)n2)C(=O)C1=O. The van der Waals surface area contributed by atoms with E-state index in [9.17, 15) is 34.1 Å². The zero-order chi connectivity index (χ0) is 28.3. The van der Waals surface area contributed by atoms with Crippen LogP contribution in [-0.2, 0) is 20.8 Å². The number of Topliss-reactive ketones (excluding diaryl/α,β-unsaturated/α-hetero) is 1. The van der Waals surface area contributed by atoms with Gasteiger partial charge in [0.1, 0.15) is 11.8 Å². The zero-order valence-electron chi connectivity index (χ0n) is 21.2. The van der Waals surface area contributed by atoms with Crippen molar-refractivity contribution in [2.45, 2.75) is 44.5 Å². The Kier molecular flexibility index (Phi) is 8.50. The fourth-order valence-electron chi connectivity index (χ4n) is 4.59. The molecular formula is C24H28BN5O8S. The van der Waals surface area contributed by atoms with E-state index >= 15 is 0 Å². The Morgan fingerprint density at radius 1 is 1.28 bits per heavy atom. The van der Waals surface area contributed by atoms with Gasteiger partial charge >= 0.3 is 30.9 Å². The Balaban J connectivity index is 1.49. The highest BCUT2D eigenvalue weighted by molar-refractivity contribution is 7.13. The summed E-state index contributed by atoms with van der Waals surface area (Å²) in [6.45, 7) is 2.53. The van der Waals surface area contributed by atoms with Gasteiger partial charge in [0.2, 0.25) is 0 Å². The lowest BCUT2D eigenvalue weighted by Gasteiger charge is -2.33. The largest absolute Gasteiger partial charge is 0.535 e. The van der Waals surface area contributed by atoms with E-state index in [1.54, 1.807) is 12.1 Å². The van der Waals surface area contributed by atoms with E-state index in [2.05, 4.69) is 10.3 Å². The molecular weight excluding hydrogens is 529 g/mol. The summed E-state index contributed by atoms with van der Waals surface area (Å²) < 4.78 is 5.47. The van der Waals surface area contributed by atoms with Gasteiger partial charge in [-0.25, -0.2) is 14.6 Å². The maximum atomic E-state index is 13.5. The Labute approximate surface area is 228 Å². The van der Waals surface area contributed by atoms with E-state index < -0.39 is 48.6 Å². The Morgan fingerprint density at radius 2 is 2.05 bits per heavy atom. The van der Waals surface area contributed by atoms with Gasteiger partial charge in [0.25, 0.3) is 0 Å². The van der Waals surface area contributed by atoms with Crippen molar-refractivity contribution in [2.75, 3.05) is 25.4 Å². The van der Waals surface area contributed by atoms with Crippen molar-refractivity contribution in [3.05, 3.63) is 40.4 Å². The monoisotopic (exact) mass is 557 g/mol. The molecule has 3 heterocycles. The van der Waals surface area contributed by atoms with Crippen LogP contribution in [-0.4, -0.2) is 81.3 Å². The number of para-hydroxylation sites is 1. The first kappa shape index (κ1) is 28.0. The molecule has 15 heteroatoms. The second kappa shape index (κ2) is 11.8. The number of carbonyl (C=O) groups excluding carboxylic acids is 4. The number of aromatic carboxylic acids is 1. The number of carboxylic acid groups (broad SMARTS) is 1. The third-order valence-electron chi connectivity index (χ3n) is 6.68. The van der Waals surface area contributed by atoms with Gasteiger partial charge in [-0.05, 0) is 24.5 Å². The number of ketones is 1. The molecule has 5 N–H and O–H groups in total. The number of thiazole rings is 1. The van der Waals surface area contributed by atoms with E-state index in [1.165, 1.54) is 16.3 Å². The molecule has 1 aromatic heterocycles. The van der Waals surface area contributed by atoms with Crippen molar-refractivity contribution in [3.63, 3.8) is 0 Å². The van der Waals surface area contributed by atoms with Crippen LogP contribution in [0.15, 0.2) is 23.6 Å². The summed E-state index contributed by atoms with van der Waals surface area (Å²) in [5, 5.41) is 24.1. The zero-order valence-corrected chi connectivity index (χ0v) is 22.0. The summed E-state index contributed by atoms with van der Waals surface area (Å²) in [5.74, 6) is -4.24. The molecule has 4 amide bonds. The third kappa shape index (κ3) is 6.04. The van der Waals surface area contributed by atoms with Crippen molar-refractivity contribution in [1.29, 1.82) is 0 Å². The second-order valence-electron chi connectivity index (χ2n) is 9.34. The molecule has 1 unspecified atom stereocenters. The summed E-state index contributed by atoms with van der Waals surface area (Å²) in [6, 6.07) is 2.31. The fraction of sp³-hybridized carbons (Fsp3) is 0.417. The number of aromatic nitrogens is 1. The minimum atomic E-state index is -1.48. The molecule has 0 bridgehead atoms. The normalized spacial score (nSPS) is 17.9. The summed E-state index contributed by atoms with van der Waals surface area (Å²) in [4.78, 5) is 69.5. The van der Waals surface area contributed by atoms with Crippen LogP contribution in [0.25, 0.3) is 0 Å². The lowest BCUT2D eigenvalue weighted by atomic mass is 9.64. The van der Waals surface area contributed by atoms with Gasteiger partial charge in [-0.1, -0.05) is 25.5 Å². The van der Waals surface area contributed by atoms with Crippen molar-refractivity contribution in [2.24, 2.45) is 0 Å².